The molecule has 1 N–H and O–H groups in total. The van der Waals surface area contributed by atoms with E-state index in [1.165, 1.54) is 6.07 Å². The molecular weight excluding hydrogens is 360 g/mol. The van der Waals surface area contributed by atoms with Crippen molar-refractivity contribution < 1.29 is 17.2 Å². The number of anilines is 1. The first-order chi connectivity index (χ1) is 8.79. The predicted molar refractivity (Wildman–Crippen MR) is 73.9 cm³/mol. The predicted octanol–water partition coefficient (Wildman–Crippen LogP) is 3.90. The zero-order valence-corrected chi connectivity index (χ0v) is 12.8. The van der Waals surface area contributed by atoms with Crippen LogP contribution in [-0.2, 0) is 10.0 Å². The maximum absolute atomic E-state index is 13.4. The van der Waals surface area contributed by atoms with Gasteiger partial charge in [-0.15, -0.1) is 11.3 Å². The van der Waals surface area contributed by atoms with Gasteiger partial charge in [-0.3, -0.25) is 4.72 Å². The molecule has 19 heavy (non-hydrogen) atoms. The minimum absolute atomic E-state index is 0.0283. The first-order valence-corrected chi connectivity index (χ1v) is 8.12. The number of benzene rings is 1. The van der Waals surface area contributed by atoms with Gasteiger partial charge >= 0.3 is 0 Å². The highest BCUT2D eigenvalue weighted by atomic mass is 79.9. The van der Waals surface area contributed by atoms with Crippen molar-refractivity contribution in [3.05, 3.63) is 45.2 Å². The second-order valence-corrected chi connectivity index (χ2v) is 8.03. The Kier molecular flexibility index (Phi) is 3.93. The van der Waals surface area contributed by atoms with Gasteiger partial charge in [0.15, 0.2) is 0 Å². The van der Waals surface area contributed by atoms with Crippen molar-refractivity contribution in [3.8, 4) is 0 Å². The molecule has 0 spiro atoms. The third-order valence-electron chi connectivity index (χ3n) is 2.27. The molecule has 0 radical (unpaired) electrons. The molecule has 3 nitrogen and oxygen atoms in total. The SMILES string of the molecule is Cc1cc(S(=O)(=O)Nc2cc(F)ccc2F)sc1Br. The van der Waals surface area contributed by atoms with Crippen LogP contribution in [0, 0.1) is 18.6 Å². The summed E-state index contributed by atoms with van der Waals surface area (Å²) in [6, 6.07) is 4.03. The number of thiophene rings is 1. The van der Waals surface area contributed by atoms with Gasteiger partial charge in [-0.1, -0.05) is 0 Å². The van der Waals surface area contributed by atoms with E-state index in [1.807, 2.05) is 4.72 Å². The average molecular weight is 368 g/mol. The first-order valence-electron chi connectivity index (χ1n) is 5.03. The molecule has 0 saturated heterocycles. The van der Waals surface area contributed by atoms with Crippen LogP contribution in [0.3, 0.4) is 0 Å². The number of halogens is 3. The van der Waals surface area contributed by atoms with Gasteiger partial charge in [0.2, 0.25) is 0 Å². The monoisotopic (exact) mass is 367 g/mol. The lowest BCUT2D eigenvalue weighted by Gasteiger charge is -2.07. The van der Waals surface area contributed by atoms with Crippen molar-refractivity contribution in [3.63, 3.8) is 0 Å². The summed E-state index contributed by atoms with van der Waals surface area (Å²) in [5.41, 5.74) is 0.340. The smallest absolute Gasteiger partial charge is 0.271 e. The normalized spacial score (nSPS) is 11.6. The van der Waals surface area contributed by atoms with E-state index in [1.54, 1.807) is 6.92 Å². The van der Waals surface area contributed by atoms with Gasteiger partial charge in [0.25, 0.3) is 10.0 Å². The van der Waals surface area contributed by atoms with E-state index < -0.39 is 27.3 Å². The topological polar surface area (TPSA) is 46.2 Å². The number of nitrogens with one attached hydrogen (secondary N) is 1. The molecule has 0 unspecified atom stereocenters. The number of aryl methyl sites for hydroxylation is 1. The van der Waals surface area contributed by atoms with Crippen LogP contribution < -0.4 is 4.72 Å². The second-order valence-electron chi connectivity index (χ2n) is 3.75. The first kappa shape index (κ1) is 14.4. The van der Waals surface area contributed by atoms with Gasteiger partial charge in [-0.2, -0.15) is 0 Å². The van der Waals surface area contributed by atoms with Crippen LogP contribution in [0.5, 0.6) is 0 Å². The number of sulfonamides is 1. The maximum Gasteiger partial charge on any atom is 0.271 e. The third kappa shape index (κ3) is 3.13. The summed E-state index contributed by atoms with van der Waals surface area (Å²) in [5.74, 6) is -1.56. The molecule has 0 aliphatic carbocycles. The molecule has 0 fully saturated rings. The van der Waals surface area contributed by atoms with Crippen LogP contribution in [0.15, 0.2) is 32.3 Å². The Bertz CT molecular complexity index is 709. The van der Waals surface area contributed by atoms with Crippen molar-refractivity contribution in [1.82, 2.24) is 0 Å². The minimum Gasteiger partial charge on any atom is -0.276 e. The molecule has 2 aromatic rings. The highest BCUT2D eigenvalue weighted by Gasteiger charge is 2.20. The van der Waals surface area contributed by atoms with Gasteiger partial charge in [0.1, 0.15) is 15.8 Å². The molecule has 1 aromatic heterocycles. The number of rotatable bonds is 3. The molecule has 0 atom stereocenters. The lowest BCUT2D eigenvalue weighted by molar-refractivity contribution is 0.595. The maximum atomic E-state index is 13.4. The quantitative estimate of drug-likeness (QED) is 0.893. The zero-order valence-electron chi connectivity index (χ0n) is 9.58. The lowest BCUT2D eigenvalue weighted by atomic mass is 10.3. The Labute approximate surface area is 121 Å². The Morgan fingerprint density at radius 1 is 1.26 bits per heavy atom. The molecule has 0 aliphatic heterocycles. The second kappa shape index (κ2) is 5.18. The molecule has 0 aliphatic rings. The van der Waals surface area contributed by atoms with Gasteiger partial charge in [-0.25, -0.2) is 17.2 Å². The van der Waals surface area contributed by atoms with Gasteiger partial charge in [0, 0.05) is 6.07 Å². The van der Waals surface area contributed by atoms with Gasteiger partial charge in [-0.05, 0) is 46.6 Å². The number of hydrogen-bond donors (Lipinski definition) is 1. The standard InChI is InChI=1S/C11H8BrF2NO2S2/c1-6-4-10(18-11(6)12)19(16,17)15-9-5-7(13)2-3-8(9)14/h2-5,15H,1H3. The van der Waals surface area contributed by atoms with E-state index >= 15 is 0 Å². The largest absolute Gasteiger partial charge is 0.276 e. The fraction of sp³-hybridized carbons (Fsp3) is 0.0909. The van der Waals surface area contributed by atoms with Crippen LogP contribution in [0.4, 0.5) is 14.5 Å². The molecule has 0 bridgehead atoms. The molecule has 1 aromatic carbocycles. The molecule has 2 rings (SSSR count). The highest BCUT2D eigenvalue weighted by molar-refractivity contribution is 9.11. The van der Waals surface area contributed by atoms with Crippen LogP contribution in [0.2, 0.25) is 0 Å². The lowest BCUT2D eigenvalue weighted by Crippen LogP contribution is -2.12. The van der Waals surface area contributed by atoms with Crippen molar-refractivity contribution in [2.45, 2.75) is 11.1 Å². The molecular formula is C11H8BrF2NO2S2. The Balaban J connectivity index is 2.39. The van der Waals surface area contributed by atoms with Crippen LogP contribution in [0.25, 0.3) is 0 Å². The Morgan fingerprint density at radius 2 is 1.95 bits per heavy atom. The van der Waals surface area contributed by atoms with E-state index in [2.05, 4.69) is 15.9 Å². The number of hydrogen-bond acceptors (Lipinski definition) is 3. The van der Waals surface area contributed by atoms with Crippen molar-refractivity contribution in [2.24, 2.45) is 0 Å². The summed E-state index contributed by atoms with van der Waals surface area (Å²) in [7, 11) is -3.92. The molecule has 8 heteroatoms. The molecule has 102 valence electrons. The van der Waals surface area contributed by atoms with Crippen LogP contribution >= 0.6 is 27.3 Å². The average Bonchev–Trinajstić information content (AvgIpc) is 2.65. The highest BCUT2D eigenvalue weighted by Crippen LogP contribution is 2.31. The Morgan fingerprint density at radius 3 is 2.53 bits per heavy atom. The molecule has 0 saturated carbocycles. The van der Waals surface area contributed by atoms with E-state index in [4.69, 9.17) is 0 Å². The molecule has 1 heterocycles. The summed E-state index contributed by atoms with van der Waals surface area (Å²) < 4.78 is 53.2. The summed E-state index contributed by atoms with van der Waals surface area (Å²) in [6.07, 6.45) is 0. The summed E-state index contributed by atoms with van der Waals surface area (Å²) >= 11 is 4.21. The third-order valence-corrected chi connectivity index (χ3v) is 6.25. The van der Waals surface area contributed by atoms with Gasteiger partial charge < -0.3 is 0 Å². The molecule has 0 amide bonds. The fourth-order valence-corrected chi connectivity index (χ4v) is 4.62. The van der Waals surface area contributed by atoms with E-state index in [-0.39, 0.29) is 4.21 Å². The van der Waals surface area contributed by atoms with Gasteiger partial charge in [0.05, 0.1) is 9.47 Å². The minimum atomic E-state index is -3.92. The van der Waals surface area contributed by atoms with E-state index in [0.717, 1.165) is 35.1 Å². The fourth-order valence-electron chi connectivity index (χ4n) is 1.33. The van der Waals surface area contributed by atoms with Crippen LogP contribution in [-0.4, -0.2) is 8.42 Å². The Hall–Kier alpha value is -0.990. The van der Waals surface area contributed by atoms with Crippen molar-refractivity contribution in [1.29, 1.82) is 0 Å². The summed E-state index contributed by atoms with van der Waals surface area (Å²) in [5, 5.41) is 0. The van der Waals surface area contributed by atoms with Crippen molar-refractivity contribution in [2.75, 3.05) is 4.72 Å². The van der Waals surface area contributed by atoms with Crippen LogP contribution in [0.1, 0.15) is 5.56 Å². The van der Waals surface area contributed by atoms with E-state index in [9.17, 15) is 17.2 Å². The van der Waals surface area contributed by atoms with Crippen molar-refractivity contribution >= 4 is 43.0 Å². The van der Waals surface area contributed by atoms with E-state index in [0.29, 0.717) is 3.79 Å². The zero-order chi connectivity index (χ0) is 14.2. The summed E-state index contributed by atoms with van der Waals surface area (Å²) in [6.45, 7) is 1.74. The summed E-state index contributed by atoms with van der Waals surface area (Å²) in [4.78, 5) is 0.